The number of hydrogen-bond acceptors (Lipinski definition) is 6. The molecule has 0 aliphatic carbocycles. The SMILES string of the molecule is CC(C)(C)OC(=O)Nc1ccc(-c2ccccc2F)cc1CC(=O)c1ccc(N2CCNCC2)nc1. The lowest BCUT2D eigenvalue weighted by molar-refractivity contribution is 0.0635. The highest BCUT2D eigenvalue weighted by Gasteiger charge is 2.20. The molecule has 2 heterocycles. The number of Topliss-reactive ketones (excluding diaryl/α,β-unsaturated/α-hetero) is 1. The summed E-state index contributed by atoms with van der Waals surface area (Å²) in [6.07, 6.45) is 0.959. The van der Waals surface area contributed by atoms with Crippen LogP contribution in [0, 0.1) is 5.82 Å². The molecule has 2 N–H and O–H groups in total. The predicted octanol–water partition coefficient (Wildman–Crippen LogP) is 5.07. The molecule has 1 fully saturated rings. The number of ketones is 1. The van der Waals surface area contributed by atoms with Crippen LogP contribution in [-0.4, -0.2) is 48.6 Å². The minimum Gasteiger partial charge on any atom is -0.444 e. The highest BCUT2D eigenvalue weighted by atomic mass is 19.1. The molecular formula is C28H31FN4O3. The standard InChI is InChI=1S/C28H31FN4O3/c1-28(2,3)36-27(35)32-24-10-8-19(22-6-4-5-7-23(22)29)16-21(24)17-25(34)20-9-11-26(31-18-20)33-14-12-30-13-15-33/h4-11,16,18,30H,12-15,17H2,1-3H3,(H,32,35). The zero-order valence-corrected chi connectivity index (χ0v) is 20.8. The quantitative estimate of drug-likeness (QED) is 0.470. The second-order valence-corrected chi connectivity index (χ2v) is 9.72. The smallest absolute Gasteiger partial charge is 0.412 e. The molecule has 0 spiro atoms. The lowest BCUT2D eigenvalue weighted by Gasteiger charge is -2.28. The number of nitrogens with zero attached hydrogens (tertiary/aromatic N) is 2. The van der Waals surface area contributed by atoms with E-state index >= 15 is 0 Å². The van der Waals surface area contributed by atoms with Gasteiger partial charge in [0, 0.05) is 55.6 Å². The number of halogens is 1. The second-order valence-electron chi connectivity index (χ2n) is 9.72. The van der Waals surface area contributed by atoms with Crippen molar-refractivity contribution in [3.8, 4) is 11.1 Å². The number of pyridine rings is 1. The van der Waals surface area contributed by atoms with Crippen molar-refractivity contribution in [1.29, 1.82) is 0 Å². The lowest BCUT2D eigenvalue weighted by atomic mass is 9.97. The number of aromatic nitrogens is 1. The minimum atomic E-state index is -0.676. The van der Waals surface area contributed by atoms with Gasteiger partial charge in [0.05, 0.1) is 0 Å². The van der Waals surface area contributed by atoms with E-state index in [1.54, 1.807) is 69.4 Å². The number of carbonyl (C=O) groups excluding carboxylic acids is 2. The molecule has 0 bridgehead atoms. The first-order valence-electron chi connectivity index (χ1n) is 12.0. The number of hydrogen-bond donors (Lipinski definition) is 2. The Bertz CT molecular complexity index is 1230. The van der Waals surface area contributed by atoms with Crippen molar-refractivity contribution < 1.29 is 18.7 Å². The van der Waals surface area contributed by atoms with Gasteiger partial charge in [-0.1, -0.05) is 24.3 Å². The molecule has 2 aromatic carbocycles. The molecule has 1 saturated heterocycles. The number of benzene rings is 2. The summed E-state index contributed by atoms with van der Waals surface area (Å²) in [5.74, 6) is 0.310. The fourth-order valence-corrected chi connectivity index (χ4v) is 4.05. The molecule has 0 unspecified atom stereocenters. The molecule has 0 saturated carbocycles. The Balaban J connectivity index is 1.59. The average Bonchev–Trinajstić information content (AvgIpc) is 2.85. The van der Waals surface area contributed by atoms with Crippen molar-refractivity contribution in [2.75, 3.05) is 36.4 Å². The molecule has 1 aliphatic rings. The summed E-state index contributed by atoms with van der Waals surface area (Å²) in [4.78, 5) is 32.3. The Morgan fingerprint density at radius 2 is 1.83 bits per heavy atom. The van der Waals surface area contributed by atoms with Crippen molar-refractivity contribution in [2.24, 2.45) is 0 Å². The van der Waals surface area contributed by atoms with Crippen molar-refractivity contribution in [2.45, 2.75) is 32.8 Å². The van der Waals surface area contributed by atoms with Crippen LogP contribution in [0.2, 0.25) is 0 Å². The molecule has 188 valence electrons. The summed E-state index contributed by atoms with van der Waals surface area (Å²) >= 11 is 0. The van der Waals surface area contributed by atoms with E-state index in [1.807, 2.05) is 6.07 Å². The second kappa shape index (κ2) is 10.9. The summed E-state index contributed by atoms with van der Waals surface area (Å²) in [7, 11) is 0. The first-order chi connectivity index (χ1) is 17.2. The molecule has 1 aliphatic heterocycles. The van der Waals surface area contributed by atoms with E-state index in [4.69, 9.17) is 4.74 Å². The summed E-state index contributed by atoms with van der Waals surface area (Å²) in [5, 5.41) is 6.04. The Labute approximate surface area is 210 Å². The van der Waals surface area contributed by atoms with Gasteiger partial charge in [0.1, 0.15) is 17.2 Å². The van der Waals surface area contributed by atoms with Gasteiger partial charge in [-0.25, -0.2) is 14.2 Å². The van der Waals surface area contributed by atoms with E-state index in [9.17, 15) is 14.0 Å². The minimum absolute atomic E-state index is 0.00207. The summed E-state index contributed by atoms with van der Waals surface area (Å²) in [6, 6.07) is 15.2. The summed E-state index contributed by atoms with van der Waals surface area (Å²) in [5.41, 5.74) is 1.80. The van der Waals surface area contributed by atoms with Crippen LogP contribution >= 0.6 is 0 Å². The van der Waals surface area contributed by atoms with Crippen molar-refractivity contribution in [1.82, 2.24) is 10.3 Å². The van der Waals surface area contributed by atoms with Gasteiger partial charge in [-0.15, -0.1) is 0 Å². The lowest BCUT2D eigenvalue weighted by Crippen LogP contribution is -2.43. The maximum atomic E-state index is 14.4. The van der Waals surface area contributed by atoms with Gasteiger partial charge in [-0.3, -0.25) is 10.1 Å². The number of anilines is 2. The number of amides is 1. The fraction of sp³-hybridized carbons (Fsp3) is 0.321. The highest BCUT2D eigenvalue weighted by Crippen LogP contribution is 2.29. The van der Waals surface area contributed by atoms with E-state index in [2.05, 4.69) is 20.5 Å². The molecule has 0 radical (unpaired) electrons. The monoisotopic (exact) mass is 490 g/mol. The first-order valence-corrected chi connectivity index (χ1v) is 12.0. The molecule has 8 heteroatoms. The average molecular weight is 491 g/mol. The zero-order chi connectivity index (χ0) is 25.7. The van der Waals surface area contributed by atoms with Gasteiger partial charge in [0.2, 0.25) is 0 Å². The number of ether oxygens (including phenoxy) is 1. The fourth-order valence-electron chi connectivity index (χ4n) is 4.05. The van der Waals surface area contributed by atoms with Crippen LogP contribution in [0.5, 0.6) is 0 Å². The molecule has 4 rings (SSSR count). The Morgan fingerprint density at radius 1 is 1.08 bits per heavy atom. The predicted molar refractivity (Wildman–Crippen MR) is 139 cm³/mol. The van der Waals surface area contributed by atoms with Crippen LogP contribution in [0.25, 0.3) is 11.1 Å². The molecule has 36 heavy (non-hydrogen) atoms. The van der Waals surface area contributed by atoms with E-state index in [1.165, 1.54) is 6.07 Å². The highest BCUT2D eigenvalue weighted by molar-refractivity contribution is 5.99. The topological polar surface area (TPSA) is 83.6 Å². The van der Waals surface area contributed by atoms with Crippen LogP contribution in [0.15, 0.2) is 60.8 Å². The van der Waals surface area contributed by atoms with E-state index < -0.39 is 11.7 Å². The third-order valence-electron chi connectivity index (χ3n) is 5.79. The summed E-state index contributed by atoms with van der Waals surface area (Å²) in [6.45, 7) is 8.84. The number of nitrogens with one attached hydrogen (secondary N) is 2. The van der Waals surface area contributed by atoms with E-state index in [-0.39, 0.29) is 18.0 Å². The zero-order valence-electron chi connectivity index (χ0n) is 20.8. The maximum absolute atomic E-state index is 14.4. The van der Waals surface area contributed by atoms with Gasteiger partial charge < -0.3 is 15.0 Å². The number of rotatable bonds is 6. The van der Waals surface area contributed by atoms with Gasteiger partial charge in [-0.05, 0) is 62.2 Å². The van der Waals surface area contributed by atoms with Gasteiger partial charge in [0.25, 0.3) is 0 Å². The van der Waals surface area contributed by atoms with Gasteiger partial charge in [-0.2, -0.15) is 0 Å². The van der Waals surface area contributed by atoms with Gasteiger partial charge in [0.15, 0.2) is 5.78 Å². The van der Waals surface area contributed by atoms with Crippen molar-refractivity contribution in [3.63, 3.8) is 0 Å². The third kappa shape index (κ3) is 6.46. The Hall–Kier alpha value is -3.78. The van der Waals surface area contributed by atoms with Crippen LogP contribution < -0.4 is 15.5 Å². The first kappa shape index (κ1) is 25.3. The number of carbonyl (C=O) groups is 2. The molecule has 7 nitrogen and oxygen atoms in total. The molecular weight excluding hydrogens is 459 g/mol. The van der Waals surface area contributed by atoms with Gasteiger partial charge >= 0.3 is 6.09 Å². The Kier molecular flexibility index (Phi) is 7.64. The van der Waals surface area contributed by atoms with Crippen LogP contribution in [0.3, 0.4) is 0 Å². The van der Waals surface area contributed by atoms with Crippen LogP contribution in [-0.2, 0) is 11.2 Å². The van der Waals surface area contributed by atoms with E-state index in [0.29, 0.717) is 27.9 Å². The van der Waals surface area contributed by atoms with Crippen LogP contribution in [0.4, 0.5) is 20.7 Å². The maximum Gasteiger partial charge on any atom is 0.412 e. The molecule has 1 aromatic heterocycles. The normalized spacial score (nSPS) is 13.8. The molecule has 3 aromatic rings. The number of piperazine rings is 1. The largest absolute Gasteiger partial charge is 0.444 e. The summed E-state index contributed by atoms with van der Waals surface area (Å²) < 4.78 is 19.8. The van der Waals surface area contributed by atoms with E-state index in [0.717, 1.165) is 32.0 Å². The molecule has 0 atom stereocenters. The van der Waals surface area contributed by atoms with Crippen molar-refractivity contribution in [3.05, 3.63) is 77.7 Å². The Morgan fingerprint density at radius 3 is 2.50 bits per heavy atom. The third-order valence-corrected chi connectivity index (χ3v) is 5.79. The van der Waals surface area contributed by atoms with Crippen molar-refractivity contribution >= 4 is 23.4 Å². The van der Waals surface area contributed by atoms with Crippen LogP contribution in [0.1, 0.15) is 36.7 Å². The molecule has 1 amide bonds.